The molecule has 2 aromatic carbocycles. The number of rotatable bonds is 6. The molecule has 0 radical (unpaired) electrons. The van der Waals surface area contributed by atoms with Crippen molar-refractivity contribution < 1.29 is 0 Å². The van der Waals surface area contributed by atoms with Crippen molar-refractivity contribution >= 4 is 23.0 Å². The van der Waals surface area contributed by atoms with E-state index in [1.54, 1.807) is 0 Å². The van der Waals surface area contributed by atoms with Crippen molar-refractivity contribution in [1.29, 1.82) is 0 Å². The molecule has 0 spiro atoms. The van der Waals surface area contributed by atoms with Crippen LogP contribution in [0, 0.1) is 11.3 Å². The predicted molar refractivity (Wildman–Crippen MR) is 121 cm³/mol. The highest BCUT2D eigenvalue weighted by molar-refractivity contribution is 6.36. The molecular formula is C24H32ClN3. The normalized spacial score (nSPS) is 19.5. The highest BCUT2D eigenvalue weighted by Crippen LogP contribution is 2.38. The minimum Gasteiger partial charge on any atom is -0.396 e. The molecule has 0 atom stereocenters. The van der Waals surface area contributed by atoms with E-state index in [1.807, 2.05) is 0 Å². The summed E-state index contributed by atoms with van der Waals surface area (Å²) in [7, 11) is 0. The lowest BCUT2D eigenvalue weighted by Gasteiger charge is -2.36. The van der Waals surface area contributed by atoms with Crippen LogP contribution in [-0.2, 0) is 6.54 Å². The predicted octanol–water partition coefficient (Wildman–Crippen LogP) is 6.03. The van der Waals surface area contributed by atoms with E-state index in [4.69, 9.17) is 17.3 Å². The second-order valence-corrected chi connectivity index (χ2v) is 9.73. The van der Waals surface area contributed by atoms with Gasteiger partial charge in [-0.05, 0) is 67.3 Å². The van der Waals surface area contributed by atoms with Crippen molar-refractivity contribution in [3.63, 3.8) is 0 Å². The van der Waals surface area contributed by atoms with Crippen LogP contribution in [0.25, 0.3) is 11.1 Å². The molecule has 2 aromatic rings. The van der Waals surface area contributed by atoms with E-state index >= 15 is 0 Å². The molecule has 28 heavy (non-hydrogen) atoms. The Morgan fingerprint density at radius 2 is 1.75 bits per heavy atom. The number of likely N-dealkylation sites (tertiary alicyclic amines) is 1. The van der Waals surface area contributed by atoms with Crippen LogP contribution in [0.2, 0.25) is 5.02 Å². The number of benzene rings is 2. The van der Waals surface area contributed by atoms with E-state index in [0.717, 1.165) is 35.8 Å². The summed E-state index contributed by atoms with van der Waals surface area (Å²) in [4.78, 5) is 2.56. The Balaban J connectivity index is 1.42. The molecular weight excluding hydrogens is 366 g/mol. The number of anilines is 2. The molecule has 1 aliphatic heterocycles. The van der Waals surface area contributed by atoms with Crippen LogP contribution in [0.5, 0.6) is 0 Å². The average molecular weight is 398 g/mol. The smallest absolute Gasteiger partial charge is 0.0745 e. The first-order chi connectivity index (χ1) is 13.4. The van der Waals surface area contributed by atoms with Crippen molar-refractivity contribution in [3.8, 4) is 11.1 Å². The van der Waals surface area contributed by atoms with Gasteiger partial charge >= 0.3 is 0 Å². The number of hydrogen-bond donors (Lipinski definition) is 2. The van der Waals surface area contributed by atoms with Crippen LogP contribution in [-0.4, -0.2) is 24.5 Å². The first-order valence-electron chi connectivity index (χ1n) is 10.5. The molecule has 0 aromatic heterocycles. The molecule has 1 saturated heterocycles. The standard InChI is InChI=1S/C24H32ClN3/c1-24(2)11-13-28(14-12-24)16-18-5-7-19(8-6-18)20-9-10-21(23(26)22(20)25)27-15-17-3-4-17/h5-10,17,27H,3-4,11-16,26H2,1-2H3. The van der Waals surface area contributed by atoms with Gasteiger partial charge in [-0.25, -0.2) is 0 Å². The maximum absolute atomic E-state index is 6.61. The van der Waals surface area contributed by atoms with Crippen LogP contribution in [0.1, 0.15) is 45.1 Å². The highest BCUT2D eigenvalue weighted by Gasteiger charge is 2.25. The van der Waals surface area contributed by atoms with Crippen LogP contribution in [0.4, 0.5) is 11.4 Å². The molecule has 1 saturated carbocycles. The van der Waals surface area contributed by atoms with E-state index in [9.17, 15) is 0 Å². The maximum atomic E-state index is 6.61. The van der Waals surface area contributed by atoms with E-state index < -0.39 is 0 Å². The maximum Gasteiger partial charge on any atom is 0.0745 e. The van der Waals surface area contributed by atoms with Crippen LogP contribution in [0.3, 0.4) is 0 Å². The third-order valence-corrected chi connectivity index (χ3v) is 6.75. The van der Waals surface area contributed by atoms with Crippen molar-refractivity contribution in [3.05, 3.63) is 47.0 Å². The lowest BCUT2D eigenvalue weighted by Crippen LogP contribution is -2.36. The molecule has 0 amide bonds. The largest absolute Gasteiger partial charge is 0.396 e. The number of nitrogens with zero attached hydrogens (tertiary/aromatic N) is 1. The van der Waals surface area contributed by atoms with Gasteiger partial charge in [0, 0.05) is 18.7 Å². The van der Waals surface area contributed by atoms with Crippen molar-refractivity contribution in [2.75, 3.05) is 30.7 Å². The summed E-state index contributed by atoms with van der Waals surface area (Å²) in [5, 5.41) is 4.08. The summed E-state index contributed by atoms with van der Waals surface area (Å²) >= 11 is 6.61. The minimum absolute atomic E-state index is 0.497. The first-order valence-corrected chi connectivity index (χ1v) is 10.9. The quantitative estimate of drug-likeness (QED) is 0.584. The topological polar surface area (TPSA) is 41.3 Å². The van der Waals surface area contributed by atoms with Gasteiger partial charge in [0.1, 0.15) is 0 Å². The molecule has 4 heteroatoms. The molecule has 2 aliphatic rings. The third kappa shape index (κ3) is 4.64. The highest BCUT2D eigenvalue weighted by atomic mass is 35.5. The van der Waals surface area contributed by atoms with Gasteiger partial charge in [0.2, 0.25) is 0 Å². The van der Waals surface area contributed by atoms with Gasteiger partial charge in [0.05, 0.1) is 16.4 Å². The fourth-order valence-corrected chi connectivity index (χ4v) is 4.18. The number of nitrogen functional groups attached to an aromatic ring is 1. The summed E-state index contributed by atoms with van der Waals surface area (Å²) < 4.78 is 0. The van der Waals surface area contributed by atoms with Crippen molar-refractivity contribution in [2.24, 2.45) is 11.3 Å². The van der Waals surface area contributed by atoms with Gasteiger partial charge in [-0.3, -0.25) is 4.90 Å². The summed E-state index contributed by atoms with van der Waals surface area (Å²) in [6, 6.07) is 12.9. The monoisotopic (exact) mass is 397 g/mol. The van der Waals surface area contributed by atoms with E-state index in [1.165, 1.54) is 44.3 Å². The number of nitrogens with one attached hydrogen (secondary N) is 1. The number of nitrogens with two attached hydrogens (primary N) is 1. The molecule has 1 heterocycles. The third-order valence-electron chi connectivity index (χ3n) is 6.34. The van der Waals surface area contributed by atoms with Crippen LogP contribution < -0.4 is 11.1 Å². The summed E-state index contributed by atoms with van der Waals surface area (Å²) in [6.07, 6.45) is 5.20. The average Bonchev–Trinajstić information content (AvgIpc) is 3.50. The molecule has 1 aliphatic carbocycles. The fraction of sp³-hybridized carbons (Fsp3) is 0.500. The molecule has 3 nitrogen and oxygen atoms in total. The number of halogens is 1. The van der Waals surface area contributed by atoms with Gasteiger partial charge in [0.15, 0.2) is 0 Å². The Bertz CT molecular complexity index is 814. The Kier molecular flexibility index (Phi) is 5.57. The molecule has 150 valence electrons. The first kappa shape index (κ1) is 19.6. The lowest BCUT2D eigenvalue weighted by atomic mass is 9.82. The molecule has 2 fully saturated rings. The second kappa shape index (κ2) is 7.96. The van der Waals surface area contributed by atoms with Crippen molar-refractivity contribution in [2.45, 2.75) is 46.1 Å². The Morgan fingerprint density at radius 3 is 2.39 bits per heavy atom. The number of piperidine rings is 1. The molecule has 0 bridgehead atoms. The SMILES string of the molecule is CC1(C)CCN(Cc2ccc(-c3ccc(NCC4CC4)c(N)c3Cl)cc2)CC1. The van der Waals surface area contributed by atoms with Crippen molar-refractivity contribution in [1.82, 2.24) is 4.90 Å². The van der Waals surface area contributed by atoms with E-state index in [-0.39, 0.29) is 0 Å². The van der Waals surface area contributed by atoms with Gasteiger partial charge in [-0.1, -0.05) is 55.8 Å². The molecule has 3 N–H and O–H groups in total. The Morgan fingerprint density at radius 1 is 1.07 bits per heavy atom. The zero-order valence-corrected chi connectivity index (χ0v) is 17.9. The summed E-state index contributed by atoms with van der Waals surface area (Å²) in [6.45, 7) is 9.14. The Hall–Kier alpha value is -1.71. The lowest BCUT2D eigenvalue weighted by molar-refractivity contribution is 0.127. The van der Waals surface area contributed by atoms with Gasteiger partial charge in [-0.15, -0.1) is 0 Å². The summed E-state index contributed by atoms with van der Waals surface area (Å²) in [5.41, 5.74) is 11.9. The summed E-state index contributed by atoms with van der Waals surface area (Å²) in [5.74, 6) is 0.802. The van der Waals surface area contributed by atoms with Gasteiger partial charge in [-0.2, -0.15) is 0 Å². The van der Waals surface area contributed by atoms with Gasteiger partial charge in [0.25, 0.3) is 0 Å². The van der Waals surface area contributed by atoms with Crippen LogP contribution in [0.15, 0.2) is 36.4 Å². The zero-order valence-electron chi connectivity index (χ0n) is 17.1. The molecule has 0 unspecified atom stereocenters. The minimum atomic E-state index is 0.497. The van der Waals surface area contributed by atoms with Crippen LogP contribution >= 0.6 is 11.6 Å². The fourth-order valence-electron chi connectivity index (χ4n) is 3.91. The molecule has 4 rings (SSSR count). The van der Waals surface area contributed by atoms with E-state index in [2.05, 4.69) is 60.5 Å². The Labute approximate surface area is 174 Å². The van der Waals surface area contributed by atoms with Gasteiger partial charge < -0.3 is 11.1 Å². The number of hydrogen-bond acceptors (Lipinski definition) is 3. The zero-order chi connectivity index (χ0) is 19.7. The second-order valence-electron chi connectivity index (χ2n) is 9.35. The van der Waals surface area contributed by atoms with E-state index in [0.29, 0.717) is 16.1 Å².